The summed E-state index contributed by atoms with van der Waals surface area (Å²) >= 11 is 0. The highest BCUT2D eigenvalue weighted by molar-refractivity contribution is 5.77. The fourth-order valence-electron chi connectivity index (χ4n) is 2.55. The van der Waals surface area contributed by atoms with Crippen LogP contribution in [-0.4, -0.2) is 18.5 Å². The van der Waals surface area contributed by atoms with Crippen molar-refractivity contribution in [3.05, 3.63) is 60.1 Å². The van der Waals surface area contributed by atoms with Gasteiger partial charge in [0.1, 0.15) is 0 Å². The minimum atomic E-state index is 0.00338. The van der Waals surface area contributed by atoms with Gasteiger partial charge in [0.25, 0.3) is 5.91 Å². The van der Waals surface area contributed by atoms with Crippen molar-refractivity contribution in [2.45, 2.75) is 38.8 Å². The third-order valence-electron chi connectivity index (χ3n) is 3.90. The van der Waals surface area contributed by atoms with Gasteiger partial charge in [0.05, 0.1) is 6.26 Å². The van der Waals surface area contributed by atoms with Gasteiger partial charge in [-0.3, -0.25) is 4.79 Å². The van der Waals surface area contributed by atoms with E-state index in [0.717, 1.165) is 24.2 Å². The summed E-state index contributed by atoms with van der Waals surface area (Å²) in [5, 5.41) is 5.09. The van der Waals surface area contributed by atoms with E-state index in [1.54, 1.807) is 6.26 Å². The molecule has 2 rings (SSSR count). The first kappa shape index (κ1) is 16.3. The summed E-state index contributed by atoms with van der Waals surface area (Å²) in [6.07, 6.45) is 3.59. The van der Waals surface area contributed by atoms with Gasteiger partial charge in [-0.15, -0.1) is 0 Å². The molecule has 1 amide bonds. The molecule has 1 heterocycles. The van der Waals surface area contributed by atoms with Crippen molar-refractivity contribution in [1.82, 2.24) is 5.32 Å². The molecule has 0 spiro atoms. The predicted molar refractivity (Wildman–Crippen MR) is 86.3 cm³/mol. The average molecular weight is 301 g/mol. The highest BCUT2D eigenvalue weighted by Gasteiger charge is 2.21. The maximum Gasteiger partial charge on any atom is 0.275 e. The molecule has 1 aromatic heterocycles. The fourth-order valence-corrected chi connectivity index (χ4v) is 2.55. The number of hydrogen-bond acceptors (Lipinski definition) is 2. The lowest BCUT2D eigenvalue weighted by Crippen LogP contribution is -2.87. The summed E-state index contributed by atoms with van der Waals surface area (Å²) < 4.78 is 5.54. The SMILES string of the molecule is CCC(CC)NC(=O)C[NH2+][C@@H](c1ccccc1)c1ccco1. The zero-order valence-electron chi connectivity index (χ0n) is 13.3. The molecule has 0 bridgehead atoms. The number of furan rings is 1. The monoisotopic (exact) mass is 301 g/mol. The average Bonchev–Trinajstić information content (AvgIpc) is 3.08. The summed E-state index contributed by atoms with van der Waals surface area (Å²) in [4.78, 5) is 12.1. The fraction of sp³-hybridized carbons (Fsp3) is 0.389. The lowest BCUT2D eigenvalue weighted by atomic mass is 10.0. The number of quaternary nitrogens is 1. The summed E-state index contributed by atoms with van der Waals surface area (Å²) in [5.41, 5.74) is 1.13. The molecule has 0 aliphatic rings. The Morgan fingerprint density at radius 3 is 2.45 bits per heavy atom. The molecule has 1 aromatic carbocycles. The van der Waals surface area contributed by atoms with Gasteiger partial charge in [-0.05, 0) is 25.0 Å². The van der Waals surface area contributed by atoms with Crippen molar-refractivity contribution < 1.29 is 14.5 Å². The zero-order valence-corrected chi connectivity index (χ0v) is 13.3. The van der Waals surface area contributed by atoms with Gasteiger partial charge in [-0.2, -0.15) is 0 Å². The van der Waals surface area contributed by atoms with Crippen LogP contribution in [0.4, 0.5) is 0 Å². The maximum absolute atomic E-state index is 12.1. The number of carbonyl (C=O) groups is 1. The molecule has 2 aromatic rings. The van der Waals surface area contributed by atoms with Gasteiger partial charge in [0.2, 0.25) is 0 Å². The van der Waals surface area contributed by atoms with E-state index in [9.17, 15) is 4.79 Å². The van der Waals surface area contributed by atoms with Gasteiger partial charge in [-0.25, -0.2) is 0 Å². The smallest absolute Gasteiger partial charge is 0.275 e. The maximum atomic E-state index is 12.1. The van der Waals surface area contributed by atoms with Gasteiger partial charge in [0.15, 0.2) is 18.3 Å². The Bertz CT molecular complexity index is 548. The van der Waals surface area contributed by atoms with Crippen molar-refractivity contribution in [2.24, 2.45) is 0 Å². The quantitative estimate of drug-likeness (QED) is 0.785. The molecule has 4 heteroatoms. The molecule has 0 fully saturated rings. The Hall–Kier alpha value is -2.07. The number of hydrogen-bond donors (Lipinski definition) is 2. The number of nitrogens with two attached hydrogens (primary N) is 1. The number of benzene rings is 1. The van der Waals surface area contributed by atoms with E-state index in [1.807, 2.05) is 35.6 Å². The summed E-state index contributed by atoms with van der Waals surface area (Å²) in [5.74, 6) is 0.933. The molecule has 0 saturated heterocycles. The van der Waals surface area contributed by atoms with Gasteiger partial charge in [-0.1, -0.05) is 44.2 Å². The second-order valence-corrected chi connectivity index (χ2v) is 5.42. The molecular formula is C18H25N2O2+. The van der Waals surface area contributed by atoms with Crippen LogP contribution in [0.1, 0.15) is 44.1 Å². The van der Waals surface area contributed by atoms with Crippen molar-refractivity contribution in [3.63, 3.8) is 0 Å². The Balaban J connectivity index is 2.01. The number of rotatable bonds is 8. The molecule has 0 unspecified atom stereocenters. The highest BCUT2D eigenvalue weighted by Crippen LogP contribution is 2.18. The molecule has 22 heavy (non-hydrogen) atoms. The van der Waals surface area contributed by atoms with E-state index in [-0.39, 0.29) is 18.0 Å². The first-order chi connectivity index (χ1) is 10.7. The van der Waals surface area contributed by atoms with Crippen LogP contribution >= 0.6 is 0 Å². The predicted octanol–water partition coefficient (Wildman–Crippen LogP) is 2.24. The topological polar surface area (TPSA) is 58.9 Å². The van der Waals surface area contributed by atoms with E-state index in [1.165, 1.54) is 0 Å². The van der Waals surface area contributed by atoms with E-state index in [4.69, 9.17) is 4.42 Å². The zero-order chi connectivity index (χ0) is 15.8. The normalized spacial score (nSPS) is 12.3. The Morgan fingerprint density at radius 2 is 1.86 bits per heavy atom. The van der Waals surface area contributed by atoms with Crippen LogP contribution < -0.4 is 10.6 Å². The third-order valence-corrected chi connectivity index (χ3v) is 3.90. The van der Waals surface area contributed by atoms with Gasteiger partial charge >= 0.3 is 0 Å². The van der Waals surface area contributed by atoms with Crippen molar-refractivity contribution in [1.29, 1.82) is 0 Å². The minimum absolute atomic E-state index is 0.00338. The van der Waals surface area contributed by atoms with Crippen molar-refractivity contribution in [2.75, 3.05) is 6.54 Å². The van der Waals surface area contributed by atoms with Crippen LogP contribution in [0.15, 0.2) is 53.1 Å². The molecule has 4 nitrogen and oxygen atoms in total. The summed E-state index contributed by atoms with van der Waals surface area (Å²) in [6.45, 7) is 4.57. The first-order valence-corrected chi connectivity index (χ1v) is 7.95. The van der Waals surface area contributed by atoms with E-state index < -0.39 is 0 Å². The van der Waals surface area contributed by atoms with E-state index in [2.05, 4.69) is 31.3 Å². The van der Waals surface area contributed by atoms with Crippen LogP contribution in [0.2, 0.25) is 0 Å². The number of nitrogens with one attached hydrogen (secondary N) is 1. The van der Waals surface area contributed by atoms with Crippen LogP contribution in [0.3, 0.4) is 0 Å². The van der Waals surface area contributed by atoms with Gasteiger partial charge < -0.3 is 15.1 Å². The standard InChI is InChI=1S/C18H24N2O2/c1-3-15(4-2)20-17(21)13-19-18(16-11-8-12-22-16)14-9-6-5-7-10-14/h5-12,15,18-19H,3-4,13H2,1-2H3,(H,20,21)/p+1/t18-/m0/s1. The second kappa shape index (κ2) is 8.39. The van der Waals surface area contributed by atoms with Crippen molar-refractivity contribution >= 4 is 5.91 Å². The third kappa shape index (κ3) is 4.46. The van der Waals surface area contributed by atoms with Crippen LogP contribution in [-0.2, 0) is 4.79 Å². The lowest BCUT2D eigenvalue weighted by molar-refractivity contribution is -0.678. The molecule has 0 aliphatic heterocycles. The highest BCUT2D eigenvalue weighted by atomic mass is 16.3. The molecule has 0 aliphatic carbocycles. The number of amides is 1. The van der Waals surface area contributed by atoms with Crippen LogP contribution in [0.25, 0.3) is 0 Å². The lowest BCUT2D eigenvalue weighted by Gasteiger charge is -2.16. The Morgan fingerprint density at radius 1 is 1.14 bits per heavy atom. The van der Waals surface area contributed by atoms with E-state index >= 15 is 0 Å². The Kier molecular flexibility index (Phi) is 6.22. The summed E-state index contributed by atoms with van der Waals surface area (Å²) in [6, 6.07) is 14.2. The van der Waals surface area contributed by atoms with Crippen LogP contribution in [0.5, 0.6) is 0 Å². The first-order valence-electron chi connectivity index (χ1n) is 7.95. The molecule has 0 radical (unpaired) electrons. The Labute approximate surface area is 131 Å². The molecule has 0 saturated carbocycles. The second-order valence-electron chi connectivity index (χ2n) is 5.42. The van der Waals surface area contributed by atoms with Crippen molar-refractivity contribution in [3.8, 4) is 0 Å². The molecule has 118 valence electrons. The van der Waals surface area contributed by atoms with Crippen LogP contribution in [0, 0.1) is 0 Å². The molecule has 1 atom stereocenters. The van der Waals surface area contributed by atoms with E-state index in [0.29, 0.717) is 6.54 Å². The largest absolute Gasteiger partial charge is 0.463 e. The number of carbonyl (C=O) groups excluding carboxylic acids is 1. The summed E-state index contributed by atoms with van der Waals surface area (Å²) in [7, 11) is 0. The van der Waals surface area contributed by atoms with Gasteiger partial charge in [0, 0.05) is 11.6 Å². The molecular weight excluding hydrogens is 276 g/mol. The molecule has 3 N–H and O–H groups in total. The minimum Gasteiger partial charge on any atom is -0.463 e.